The maximum absolute atomic E-state index is 13.9. The number of likely N-dealkylation sites (tertiary alicyclic amines) is 1. The minimum absolute atomic E-state index is 0.0168. The molecule has 1 atom stereocenters. The van der Waals surface area contributed by atoms with Gasteiger partial charge in [0.1, 0.15) is 11.4 Å². The fourth-order valence-corrected chi connectivity index (χ4v) is 2.72. The molecule has 1 amide bonds. The summed E-state index contributed by atoms with van der Waals surface area (Å²) in [5.74, 6) is -1.47. The Balaban J connectivity index is 2.03. The quantitative estimate of drug-likeness (QED) is 0.861. The number of nitrogens with one attached hydrogen (secondary N) is 1. The molecule has 1 heterocycles. The summed E-state index contributed by atoms with van der Waals surface area (Å²) in [6.07, 6.45) is 1.12. The Labute approximate surface area is 139 Å². The smallest absolute Gasteiger partial charge is 0.410 e. The molecule has 0 bridgehead atoms. The van der Waals surface area contributed by atoms with E-state index < -0.39 is 23.3 Å². The van der Waals surface area contributed by atoms with Gasteiger partial charge in [0, 0.05) is 25.2 Å². The Morgan fingerprint density at radius 3 is 2.70 bits per heavy atom. The molecule has 1 fully saturated rings. The van der Waals surface area contributed by atoms with E-state index in [2.05, 4.69) is 5.32 Å². The molecule has 1 aromatic carbocycles. The van der Waals surface area contributed by atoms with Gasteiger partial charge in [-0.05, 0) is 39.7 Å². The SMILES string of the molecule is CC(C)(C)OC(=O)N1CCCC(Nc2c(F)cc(F)cc2Cl)C1. The number of rotatable bonds is 2. The largest absolute Gasteiger partial charge is 0.444 e. The third-order valence-electron chi connectivity index (χ3n) is 3.43. The summed E-state index contributed by atoms with van der Waals surface area (Å²) in [4.78, 5) is 13.7. The van der Waals surface area contributed by atoms with E-state index in [4.69, 9.17) is 16.3 Å². The second-order valence-electron chi connectivity index (χ2n) is 6.65. The summed E-state index contributed by atoms with van der Waals surface area (Å²) in [5, 5.41) is 2.95. The van der Waals surface area contributed by atoms with Crippen LogP contribution < -0.4 is 5.32 Å². The van der Waals surface area contributed by atoms with Crippen molar-refractivity contribution in [2.75, 3.05) is 18.4 Å². The maximum atomic E-state index is 13.9. The molecule has 128 valence electrons. The van der Waals surface area contributed by atoms with Gasteiger partial charge < -0.3 is 15.0 Å². The molecule has 2 rings (SSSR count). The third-order valence-corrected chi connectivity index (χ3v) is 3.73. The monoisotopic (exact) mass is 346 g/mol. The molecule has 0 saturated carbocycles. The second-order valence-corrected chi connectivity index (χ2v) is 7.06. The number of piperidine rings is 1. The molecule has 1 saturated heterocycles. The number of benzene rings is 1. The van der Waals surface area contributed by atoms with Crippen LogP contribution in [0.25, 0.3) is 0 Å². The van der Waals surface area contributed by atoms with Crippen LogP contribution >= 0.6 is 11.6 Å². The summed E-state index contributed by atoms with van der Waals surface area (Å²) < 4.78 is 32.3. The third kappa shape index (κ3) is 4.96. The van der Waals surface area contributed by atoms with Crippen LogP contribution in [0, 0.1) is 11.6 Å². The fourth-order valence-electron chi connectivity index (χ4n) is 2.47. The van der Waals surface area contributed by atoms with Crippen molar-refractivity contribution in [2.24, 2.45) is 0 Å². The molecule has 0 aromatic heterocycles. The van der Waals surface area contributed by atoms with Gasteiger partial charge >= 0.3 is 6.09 Å². The normalized spacial score (nSPS) is 18.7. The number of carbonyl (C=O) groups is 1. The van der Waals surface area contributed by atoms with E-state index in [1.54, 1.807) is 25.7 Å². The van der Waals surface area contributed by atoms with Crippen LogP contribution in [-0.4, -0.2) is 35.7 Å². The topological polar surface area (TPSA) is 41.6 Å². The number of ether oxygens (including phenoxy) is 1. The standard InChI is InChI=1S/C16H21ClF2N2O2/c1-16(2,3)23-15(22)21-6-4-5-11(9-21)20-14-12(17)7-10(18)8-13(14)19/h7-8,11,20H,4-6,9H2,1-3H3. The lowest BCUT2D eigenvalue weighted by Crippen LogP contribution is -2.47. The molecular weight excluding hydrogens is 326 g/mol. The van der Waals surface area contributed by atoms with Gasteiger partial charge in [0.15, 0.2) is 5.82 Å². The average Bonchev–Trinajstić information content (AvgIpc) is 2.41. The molecular formula is C16H21ClF2N2O2. The fraction of sp³-hybridized carbons (Fsp3) is 0.562. The van der Waals surface area contributed by atoms with Gasteiger partial charge in [0.2, 0.25) is 0 Å². The van der Waals surface area contributed by atoms with Gasteiger partial charge in [-0.3, -0.25) is 0 Å². The predicted octanol–water partition coefficient (Wildman–Crippen LogP) is 4.43. The van der Waals surface area contributed by atoms with Crippen LogP contribution in [0.2, 0.25) is 5.02 Å². The van der Waals surface area contributed by atoms with Crippen LogP contribution in [0.1, 0.15) is 33.6 Å². The Hall–Kier alpha value is -1.56. The first-order valence-corrected chi connectivity index (χ1v) is 7.92. The highest BCUT2D eigenvalue weighted by molar-refractivity contribution is 6.33. The molecule has 7 heteroatoms. The van der Waals surface area contributed by atoms with E-state index in [-0.39, 0.29) is 16.8 Å². The van der Waals surface area contributed by atoms with Crippen LogP contribution in [-0.2, 0) is 4.74 Å². The van der Waals surface area contributed by atoms with E-state index in [1.165, 1.54) is 0 Å². The lowest BCUT2D eigenvalue weighted by Gasteiger charge is -2.35. The molecule has 0 radical (unpaired) electrons. The van der Waals surface area contributed by atoms with Gasteiger partial charge in [0.25, 0.3) is 0 Å². The number of carbonyl (C=O) groups excluding carboxylic acids is 1. The number of amides is 1. The molecule has 23 heavy (non-hydrogen) atoms. The maximum Gasteiger partial charge on any atom is 0.410 e. The predicted molar refractivity (Wildman–Crippen MR) is 85.8 cm³/mol. The van der Waals surface area contributed by atoms with Crippen molar-refractivity contribution in [3.05, 3.63) is 28.8 Å². The summed E-state index contributed by atoms with van der Waals surface area (Å²) in [7, 11) is 0. The Bertz CT molecular complexity index is 567. The summed E-state index contributed by atoms with van der Waals surface area (Å²) in [6, 6.07) is 1.66. The Morgan fingerprint density at radius 2 is 2.09 bits per heavy atom. The van der Waals surface area contributed by atoms with Crippen LogP contribution in [0.4, 0.5) is 19.3 Å². The zero-order valence-corrected chi connectivity index (χ0v) is 14.2. The van der Waals surface area contributed by atoms with E-state index in [0.29, 0.717) is 13.1 Å². The van der Waals surface area contributed by atoms with Crippen molar-refractivity contribution in [1.82, 2.24) is 4.90 Å². The summed E-state index contributed by atoms with van der Waals surface area (Å²) in [6.45, 7) is 6.38. The minimum Gasteiger partial charge on any atom is -0.444 e. The summed E-state index contributed by atoms with van der Waals surface area (Å²) in [5.41, 5.74) is -0.506. The molecule has 1 N–H and O–H groups in total. The summed E-state index contributed by atoms with van der Waals surface area (Å²) >= 11 is 5.89. The van der Waals surface area contributed by atoms with Gasteiger partial charge in [-0.15, -0.1) is 0 Å². The van der Waals surface area contributed by atoms with Crippen LogP contribution in [0.5, 0.6) is 0 Å². The molecule has 0 aliphatic carbocycles. The van der Waals surface area contributed by atoms with E-state index in [0.717, 1.165) is 25.0 Å². The Morgan fingerprint density at radius 1 is 1.39 bits per heavy atom. The van der Waals surface area contributed by atoms with Gasteiger partial charge in [-0.1, -0.05) is 11.6 Å². The Kier molecular flexibility index (Phi) is 5.34. The lowest BCUT2D eigenvalue weighted by atomic mass is 10.1. The van der Waals surface area contributed by atoms with Gasteiger partial charge in [-0.2, -0.15) is 0 Å². The highest BCUT2D eigenvalue weighted by Gasteiger charge is 2.28. The van der Waals surface area contributed by atoms with E-state index >= 15 is 0 Å². The molecule has 0 spiro atoms. The lowest BCUT2D eigenvalue weighted by molar-refractivity contribution is 0.0206. The average molecular weight is 347 g/mol. The number of halogens is 3. The molecule has 4 nitrogen and oxygen atoms in total. The molecule has 1 aliphatic heterocycles. The van der Waals surface area contributed by atoms with E-state index in [9.17, 15) is 13.6 Å². The number of hydrogen-bond donors (Lipinski definition) is 1. The zero-order chi connectivity index (χ0) is 17.2. The van der Waals surface area contributed by atoms with Crippen LogP contribution in [0.3, 0.4) is 0 Å². The first kappa shape index (κ1) is 17.8. The molecule has 1 aromatic rings. The molecule has 1 unspecified atom stereocenters. The second kappa shape index (κ2) is 6.91. The highest BCUT2D eigenvalue weighted by atomic mass is 35.5. The number of anilines is 1. The van der Waals surface area contributed by atoms with Crippen molar-refractivity contribution in [2.45, 2.75) is 45.3 Å². The first-order chi connectivity index (χ1) is 10.7. The van der Waals surface area contributed by atoms with Gasteiger partial charge in [-0.25, -0.2) is 13.6 Å². The number of hydrogen-bond acceptors (Lipinski definition) is 3. The van der Waals surface area contributed by atoms with Crippen molar-refractivity contribution in [3.8, 4) is 0 Å². The van der Waals surface area contributed by atoms with Crippen molar-refractivity contribution in [1.29, 1.82) is 0 Å². The van der Waals surface area contributed by atoms with Crippen molar-refractivity contribution >= 4 is 23.4 Å². The van der Waals surface area contributed by atoms with Crippen molar-refractivity contribution < 1.29 is 18.3 Å². The van der Waals surface area contributed by atoms with Crippen molar-refractivity contribution in [3.63, 3.8) is 0 Å². The first-order valence-electron chi connectivity index (χ1n) is 7.55. The van der Waals surface area contributed by atoms with E-state index in [1.807, 2.05) is 0 Å². The number of nitrogens with zero attached hydrogens (tertiary/aromatic N) is 1. The van der Waals surface area contributed by atoms with Crippen LogP contribution in [0.15, 0.2) is 12.1 Å². The van der Waals surface area contributed by atoms with Gasteiger partial charge in [0.05, 0.1) is 10.7 Å². The highest BCUT2D eigenvalue weighted by Crippen LogP contribution is 2.28. The zero-order valence-electron chi connectivity index (χ0n) is 13.5. The molecule has 1 aliphatic rings. The minimum atomic E-state index is -0.746.